The Kier molecular flexibility index (Phi) is 5.65. The van der Waals surface area contributed by atoms with E-state index in [-0.39, 0.29) is 0 Å². The maximum atomic E-state index is 7.00. The van der Waals surface area contributed by atoms with Crippen molar-refractivity contribution >= 4 is 37.2 Å². The minimum absolute atomic E-state index is 0.379. The molecule has 2 aromatic carbocycles. The van der Waals surface area contributed by atoms with Crippen molar-refractivity contribution in [1.29, 1.82) is 0 Å². The molecule has 2 rings (SSSR count). The summed E-state index contributed by atoms with van der Waals surface area (Å²) in [6.07, 6.45) is 0. The molecule has 0 aromatic heterocycles. The van der Waals surface area contributed by atoms with Crippen LogP contribution in [0.1, 0.15) is 0 Å². The van der Waals surface area contributed by atoms with Crippen LogP contribution in [-0.2, 0) is 4.43 Å². The van der Waals surface area contributed by atoms with Gasteiger partial charge in [0.1, 0.15) is 8.07 Å². The standard InChI is InChI=1S/C18H21ClOSi2/c1-21(2,3)16-10-15-20-22(19,17-11-6-4-7-12-17)18-13-8-5-9-14-18/h4-9,11-14H,15H2,1-3H3. The summed E-state index contributed by atoms with van der Waals surface area (Å²) in [6, 6.07) is 20.1. The van der Waals surface area contributed by atoms with Crippen LogP contribution in [0.3, 0.4) is 0 Å². The van der Waals surface area contributed by atoms with E-state index < -0.39 is 15.7 Å². The first-order valence-electron chi connectivity index (χ1n) is 7.36. The molecule has 4 heteroatoms. The Hall–Kier alpha value is -1.32. The second-order valence-corrected chi connectivity index (χ2v) is 15.1. The number of benzene rings is 2. The summed E-state index contributed by atoms with van der Waals surface area (Å²) in [5, 5.41) is 2.11. The molecular weight excluding hydrogens is 324 g/mol. The molecule has 0 N–H and O–H groups in total. The van der Waals surface area contributed by atoms with E-state index in [1.807, 2.05) is 60.7 Å². The van der Waals surface area contributed by atoms with Gasteiger partial charge in [0.05, 0.1) is 6.61 Å². The zero-order valence-electron chi connectivity index (χ0n) is 13.3. The van der Waals surface area contributed by atoms with E-state index in [0.29, 0.717) is 6.61 Å². The van der Waals surface area contributed by atoms with Gasteiger partial charge >= 0.3 is 7.63 Å². The minimum Gasteiger partial charge on any atom is -0.385 e. The quantitative estimate of drug-likeness (QED) is 0.469. The van der Waals surface area contributed by atoms with Gasteiger partial charge in [-0.1, -0.05) is 86.2 Å². The Bertz CT molecular complexity index is 615. The van der Waals surface area contributed by atoms with Gasteiger partial charge in [-0.15, -0.1) is 16.6 Å². The highest BCUT2D eigenvalue weighted by Gasteiger charge is 2.37. The summed E-state index contributed by atoms with van der Waals surface area (Å²) in [5.41, 5.74) is 3.32. The zero-order chi connectivity index (χ0) is 16.1. The van der Waals surface area contributed by atoms with Crippen molar-refractivity contribution in [2.45, 2.75) is 19.6 Å². The van der Waals surface area contributed by atoms with E-state index in [9.17, 15) is 0 Å². The summed E-state index contributed by atoms with van der Waals surface area (Å²) in [4.78, 5) is 0. The van der Waals surface area contributed by atoms with Crippen LogP contribution in [0.2, 0.25) is 19.6 Å². The summed E-state index contributed by atoms with van der Waals surface area (Å²) >= 11 is 7.00. The van der Waals surface area contributed by atoms with Gasteiger partial charge in [0.15, 0.2) is 0 Å². The average molecular weight is 345 g/mol. The number of halogens is 1. The first-order valence-corrected chi connectivity index (χ1v) is 13.8. The number of rotatable bonds is 4. The predicted molar refractivity (Wildman–Crippen MR) is 101 cm³/mol. The minimum atomic E-state index is -2.71. The molecule has 0 aliphatic carbocycles. The molecule has 22 heavy (non-hydrogen) atoms. The molecule has 0 fully saturated rings. The molecule has 0 aliphatic rings. The van der Waals surface area contributed by atoms with Crippen LogP contribution >= 0.6 is 11.1 Å². The molecule has 0 atom stereocenters. The van der Waals surface area contributed by atoms with E-state index in [4.69, 9.17) is 15.5 Å². The number of hydrogen-bond donors (Lipinski definition) is 0. The molecule has 0 spiro atoms. The van der Waals surface area contributed by atoms with Crippen LogP contribution in [0.5, 0.6) is 0 Å². The fourth-order valence-electron chi connectivity index (χ4n) is 2.08. The second-order valence-electron chi connectivity index (χ2n) is 6.17. The number of hydrogen-bond acceptors (Lipinski definition) is 1. The van der Waals surface area contributed by atoms with E-state index in [2.05, 4.69) is 31.1 Å². The molecule has 0 heterocycles. The van der Waals surface area contributed by atoms with Crippen molar-refractivity contribution in [3.05, 3.63) is 60.7 Å². The summed E-state index contributed by atoms with van der Waals surface area (Å²) in [5.74, 6) is 3.16. The van der Waals surface area contributed by atoms with E-state index in [0.717, 1.165) is 10.4 Å². The molecule has 0 aliphatic heterocycles. The van der Waals surface area contributed by atoms with Crippen molar-refractivity contribution < 1.29 is 4.43 Å². The lowest BCUT2D eigenvalue weighted by molar-refractivity contribution is 0.384. The van der Waals surface area contributed by atoms with Crippen molar-refractivity contribution in [1.82, 2.24) is 0 Å². The van der Waals surface area contributed by atoms with Gasteiger partial charge in [-0.2, -0.15) is 0 Å². The molecule has 0 radical (unpaired) electrons. The maximum absolute atomic E-state index is 7.00. The first-order chi connectivity index (χ1) is 10.4. The molecule has 0 bridgehead atoms. The van der Waals surface area contributed by atoms with Crippen LogP contribution in [0.25, 0.3) is 0 Å². The van der Waals surface area contributed by atoms with Crippen LogP contribution < -0.4 is 10.4 Å². The molecule has 0 saturated carbocycles. The van der Waals surface area contributed by atoms with E-state index in [1.165, 1.54) is 0 Å². The monoisotopic (exact) mass is 344 g/mol. The lowest BCUT2D eigenvalue weighted by atomic mass is 10.4. The second kappa shape index (κ2) is 7.30. The van der Waals surface area contributed by atoms with Crippen LogP contribution in [0, 0.1) is 11.5 Å². The normalized spacial score (nSPS) is 11.6. The summed E-state index contributed by atoms with van der Waals surface area (Å²) in [7, 11) is -4.09. The predicted octanol–water partition coefficient (Wildman–Crippen LogP) is 3.38. The molecule has 2 aromatic rings. The Morgan fingerprint density at radius 3 is 1.73 bits per heavy atom. The third-order valence-electron chi connectivity index (χ3n) is 3.10. The fourth-order valence-corrected chi connectivity index (χ4v) is 5.78. The summed E-state index contributed by atoms with van der Waals surface area (Å²) < 4.78 is 6.15. The van der Waals surface area contributed by atoms with Crippen molar-refractivity contribution in [2.75, 3.05) is 6.61 Å². The lowest BCUT2D eigenvalue weighted by Crippen LogP contribution is -2.56. The molecule has 0 amide bonds. The van der Waals surface area contributed by atoms with E-state index in [1.54, 1.807) is 0 Å². The lowest BCUT2D eigenvalue weighted by Gasteiger charge is -2.24. The summed E-state index contributed by atoms with van der Waals surface area (Å²) in [6.45, 7) is 7.04. The smallest absolute Gasteiger partial charge is 0.356 e. The highest BCUT2D eigenvalue weighted by Crippen LogP contribution is 2.12. The Morgan fingerprint density at radius 2 is 1.32 bits per heavy atom. The third kappa shape index (κ3) is 4.59. The van der Waals surface area contributed by atoms with Crippen molar-refractivity contribution in [3.8, 4) is 11.5 Å². The topological polar surface area (TPSA) is 9.23 Å². The zero-order valence-corrected chi connectivity index (χ0v) is 16.0. The van der Waals surface area contributed by atoms with Gasteiger partial charge in [-0.05, 0) is 10.4 Å². The fraction of sp³-hybridized carbons (Fsp3) is 0.222. The Balaban J connectivity index is 2.29. The van der Waals surface area contributed by atoms with Crippen LogP contribution in [-0.4, -0.2) is 22.3 Å². The van der Waals surface area contributed by atoms with Gasteiger partial charge < -0.3 is 4.43 Å². The first kappa shape index (κ1) is 17.0. The molecule has 0 unspecified atom stereocenters. The SMILES string of the molecule is C[Si](C)(C)C#CCO[Si](Cl)(c1ccccc1)c1ccccc1. The van der Waals surface area contributed by atoms with Crippen LogP contribution in [0.15, 0.2) is 60.7 Å². The Labute approximate surface area is 140 Å². The van der Waals surface area contributed by atoms with E-state index >= 15 is 0 Å². The maximum Gasteiger partial charge on any atom is 0.356 e. The molecule has 0 saturated heterocycles. The molecule has 1 nitrogen and oxygen atoms in total. The van der Waals surface area contributed by atoms with Gasteiger partial charge in [0.2, 0.25) is 0 Å². The van der Waals surface area contributed by atoms with Gasteiger partial charge in [-0.25, -0.2) is 0 Å². The average Bonchev–Trinajstić information content (AvgIpc) is 2.52. The van der Waals surface area contributed by atoms with Gasteiger partial charge in [0.25, 0.3) is 0 Å². The largest absolute Gasteiger partial charge is 0.385 e. The van der Waals surface area contributed by atoms with Gasteiger partial charge in [-0.3, -0.25) is 0 Å². The highest BCUT2D eigenvalue weighted by atomic mass is 35.6. The molecule has 114 valence electrons. The molecular formula is C18H21ClOSi2. The van der Waals surface area contributed by atoms with Crippen molar-refractivity contribution in [2.24, 2.45) is 0 Å². The third-order valence-corrected chi connectivity index (χ3v) is 8.35. The van der Waals surface area contributed by atoms with Gasteiger partial charge in [0, 0.05) is 0 Å². The van der Waals surface area contributed by atoms with Crippen LogP contribution in [0.4, 0.5) is 0 Å². The highest BCUT2D eigenvalue weighted by molar-refractivity contribution is 7.30. The Morgan fingerprint density at radius 1 is 0.864 bits per heavy atom. The van der Waals surface area contributed by atoms with Crippen molar-refractivity contribution in [3.63, 3.8) is 0 Å².